The number of phenols is 1. The first-order chi connectivity index (χ1) is 16.7. The summed E-state index contributed by atoms with van der Waals surface area (Å²) in [7, 11) is 2.76. The van der Waals surface area contributed by atoms with Crippen molar-refractivity contribution in [1.29, 1.82) is 0 Å². The highest BCUT2D eigenvalue weighted by atomic mass is 19.4. The first kappa shape index (κ1) is 24.9. The molecule has 3 aromatic rings. The third-order valence-electron chi connectivity index (χ3n) is 6.65. The van der Waals surface area contributed by atoms with Crippen molar-refractivity contribution >= 4 is 11.0 Å². The van der Waals surface area contributed by atoms with Gasteiger partial charge in [0.25, 0.3) is 0 Å². The number of nitrogens with zero attached hydrogens (tertiary/aromatic N) is 1. The average Bonchev–Trinajstić information content (AvgIpc) is 2.84. The predicted octanol–water partition coefficient (Wildman–Crippen LogP) is 5.97. The topological polar surface area (TPSA) is 72.1 Å². The number of methoxy groups -OCH3 is 2. The second kappa shape index (κ2) is 9.81. The summed E-state index contributed by atoms with van der Waals surface area (Å²) in [6.45, 7) is 3.01. The first-order valence-corrected chi connectivity index (χ1v) is 11.5. The largest absolute Gasteiger partial charge is 0.507 e. The highest BCUT2D eigenvalue weighted by molar-refractivity contribution is 5.87. The lowest BCUT2D eigenvalue weighted by Crippen LogP contribution is -2.38. The van der Waals surface area contributed by atoms with Crippen molar-refractivity contribution in [2.24, 2.45) is 0 Å². The van der Waals surface area contributed by atoms with E-state index in [1.54, 1.807) is 0 Å². The molecule has 0 amide bonds. The lowest BCUT2D eigenvalue weighted by molar-refractivity contribution is -0.152. The number of alkyl halides is 3. The molecule has 188 valence electrons. The van der Waals surface area contributed by atoms with E-state index >= 15 is 0 Å². The van der Waals surface area contributed by atoms with Crippen LogP contribution in [0.3, 0.4) is 0 Å². The molecule has 0 bridgehead atoms. The molecular formula is C26H28F3NO5. The number of halogens is 3. The van der Waals surface area contributed by atoms with E-state index in [2.05, 4.69) is 11.8 Å². The van der Waals surface area contributed by atoms with Crippen LogP contribution in [0.2, 0.25) is 0 Å². The lowest BCUT2D eigenvalue weighted by Gasteiger charge is -2.35. The second-order valence-corrected chi connectivity index (χ2v) is 8.67. The van der Waals surface area contributed by atoms with Crippen molar-refractivity contribution in [3.63, 3.8) is 0 Å². The van der Waals surface area contributed by atoms with E-state index in [9.17, 15) is 23.1 Å². The molecule has 6 nitrogen and oxygen atoms in total. The van der Waals surface area contributed by atoms with Crippen LogP contribution in [-0.2, 0) is 12.7 Å². The zero-order valence-electron chi connectivity index (χ0n) is 19.9. The van der Waals surface area contributed by atoms with Crippen LogP contribution < -0.4 is 14.9 Å². The number of aromatic hydroxyl groups is 1. The number of fused-ring (bicyclic) bond motifs is 1. The lowest BCUT2D eigenvalue weighted by atomic mass is 9.97. The van der Waals surface area contributed by atoms with Gasteiger partial charge < -0.3 is 19.0 Å². The van der Waals surface area contributed by atoms with E-state index in [0.717, 1.165) is 32.2 Å². The SMILES string of the molecule is CCC1CCCCN1Cc1c(O)ccc2c(=O)c(-c3ccc(OC)c(OC)c3)c(C(F)(F)F)oc12. The quantitative estimate of drug-likeness (QED) is 0.458. The molecule has 1 aromatic heterocycles. The van der Waals surface area contributed by atoms with Gasteiger partial charge in [0.05, 0.1) is 30.7 Å². The molecule has 0 aliphatic carbocycles. The Morgan fingerprint density at radius 2 is 1.86 bits per heavy atom. The Morgan fingerprint density at radius 3 is 2.51 bits per heavy atom. The van der Waals surface area contributed by atoms with Crippen LogP contribution in [0.15, 0.2) is 39.5 Å². The molecule has 0 spiro atoms. The molecule has 1 atom stereocenters. The van der Waals surface area contributed by atoms with Gasteiger partial charge in [0.1, 0.15) is 11.3 Å². The molecule has 4 rings (SSSR count). The van der Waals surface area contributed by atoms with Crippen molar-refractivity contribution < 1.29 is 32.2 Å². The summed E-state index contributed by atoms with van der Waals surface area (Å²) in [4.78, 5) is 15.6. The summed E-state index contributed by atoms with van der Waals surface area (Å²) in [5, 5.41) is 10.6. The van der Waals surface area contributed by atoms with Gasteiger partial charge in [-0.15, -0.1) is 0 Å². The highest BCUT2D eigenvalue weighted by Crippen LogP contribution is 2.41. The number of likely N-dealkylation sites (tertiary alicyclic amines) is 1. The van der Waals surface area contributed by atoms with Crippen molar-refractivity contribution in [1.82, 2.24) is 4.90 Å². The minimum Gasteiger partial charge on any atom is -0.507 e. The molecule has 0 radical (unpaired) electrons. The van der Waals surface area contributed by atoms with Gasteiger partial charge in [0, 0.05) is 12.6 Å². The number of rotatable bonds is 6. The minimum atomic E-state index is -4.95. The molecule has 2 aromatic carbocycles. The molecule has 1 aliphatic heterocycles. The first-order valence-electron chi connectivity index (χ1n) is 11.5. The Balaban J connectivity index is 1.95. The van der Waals surface area contributed by atoms with E-state index < -0.39 is 22.9 Å². The Morgan fingerprint density at radius 1 is 1.11 bits per heavy atom. The summed E-state index contributed by atoms with van der Waals surface area (Å²) < 4.78 is 58.5. The smallest absolute Gasteiger partial charge is 0.450 e. The number of hydrogen-bond donors (Lipinski definition) is 1. The second-order valence-electron chi connectivity index (χ2n) is 8.67. The molecule has 0 saturated carbocycles. The molecule has 9 heteroatoms. The molecule has 1 N–H and O–H groups in total. The van der Waals surface area contributed by atoms with Gasteiger partial charge in [-0.3, -0.25) is 9.69 Å². The standard InChI is InChI=1S/C26H28F3NO5/c1-4-16-7-5-6-12-30(16)14-18-19(31)10-9-17-23(32)22(25(26(27,28)29)35-24(17)18)15-8-11-20(33-2)21(13-15)34-3/h8-11,13,16,31H,4-7,12,14H2,1-3H3. The summed E-state index contributed by atoms with van der Waals surface area (Å²) >= 11 is 0. The molecular weight excluding hydrogens is 463 g/mol. The van der Waals surface area contributed by atoms with Crippen LogP contribution in [0.1, 0.15) is 43.9 Å². The normalized spacial score (nSPS) is 17.0. The van der Waals surface area contributed by atoms with E-state index in [0.29, 0.717) is 5.75 Å². The van der Waals surface area contributed by atoms with E-state index in [1.807, 2.05) is 0 Å². The van der Waals surface area contributed by atoms with E-state index in [-0.39, 0.29) is 46.2 Å². The summed E-state index contributed by atoms with van der Waals surface area (Å²) in [6.07, 6.45) is -1.05. The van der Waals surface area contributed by atoms with Crippen LogP contribution >= 0.6 is 0 Å². The van der Waals surface area contributed by atoms with Crippen LogP contribution in [0.5, 0.6) is 17.2 Å². The van der Waals surface area contributed by atoms with Crippen molar-refractivity contribution in [2.75, 3.05) is 20.8 Å². The van der Waals surface area contributed by atoms with Crippen LogP contribution in [0.4, 0.5) is 13.2 Å². The third-order valence-corrected chi connectivity index (χ3v) is 6.65. The summed E-state index contributed by atoms with van der Waals surface area (Å²) in [5.74, 6) is -1.12. The van der Waals surface area contributed by atoms with Gasteiger partial charge in [-0.1, -0.05) is 19.4 Å². The van der Waals surface area contributed by atoms with Gasteiger partial charge in [0.2, 0.25) is 11.2 Å². The fraction of sp³-hybridized carbons (Fsp3) is 0.423. The molecule has 1 aliphatic rings. The fourth-order valence-electron chi connectivity index (χ4n) is 4.84. The molecule has 1 unspecified atom stereocenters. The number of phenolic OH excluding ortho intramolecular Hbond substituents is 1. The number of ether oxygens (including phenoxy) is 2. The Bertz CT molecular complexity index is 1280. The number of hydrogen-bond acceptors (Lipinski definition) is 6. The minimum absolute atomic E-state index is 0.0117. The third kappa shape index (κ3) is 4.69. The average molecular weight is 492 g/mol. The van der Waals surface area contributed by atoms with Crippen molar-refractivity contribution in [3.8, 4) is 28.4 Å². The predicted molar refractivity (Wildman–Crippen MR) is 126 cm³/mol. The van der Waals surface area contributed by atoms with Crippen LogP contribution in [-0.4, -0.2) is 36.8 Å². The van der Waals surface area contributed by atoms with Crippen molar-refractivity contribution in [2.45, 2.75) is 51.4 Å². The monoisotopic (exact) mass is 491 g/mol. The van der Waals surface area contributed by atoms with Gasteiger partial charge in [-0.2, -0.15) is 13.2 Å². The van der Waals surface area contributed by atoms with Gasteiger partial charge in [-0.05, 0) is 55.6 Å². The Labute approximate surface area is 200 Å². The highest BCUT2D eigenvalue weighted by Gasteiger charge is 2.40. The van der Waals surface area contributed by atoms with Crippen molar-refractivity contribution in [3.05, 3.63) is 51.9 Å². The molecule has 35 heavy (non-hydrogen) atoms. The molecule has 1 saturated heterocycles. The maximum atomic E-state index is 14.2. The van der Waals surface area contributed by atoms with E-state index in [4.69, 9.17) is 13.9 Å². The van der Waals surface area contributed by atoms with Gasteiger partial charge in [-0.25, -0.2) is 0 Å². The zero-order valence-corrected chi connectivity index (χ0v) is 19.9. The van der Waals surface area contributed by atoms with Gasteiger partial charge in [0.15, 0.2) is 11.5 Å². The summed E-state index contributed by atoms with van der Waals surface area (Å²) in [5.41, 5.74) is -1.52. The van der Waals surface area contributed by atoms with Gasteiger partial charge >= 0.3 is 6.18 Å². The number of benzene rings is 2. The Hall–Kier alpha value is -3.20. The van der Waals surface area contributed by atoms with E-state index in [1.165, 1.54) is 44.6 Å². The molecule has 2 heterocycles. The maximum absolute atomic E-state index is 14.2. The zero-order chi connectivity index (χ0) is 25.3. The van der Waals surface area contributed by atoms with Crippen LogP contribution in [0, 0.1) is 0 Å². The number of piperidine rings is 1. The van der Waals surface area contributed by atoms with Crippen LogP contribution in [0.25, 0.3) is 22.1 Å². The fourth-order valence-corrected chi connectivity index (χ4v) is 4.84. The molecule has 1 fully saturated rings. The Kier molecular flexibility index (Phi) is 6.98. The summed E-state index contributed by atoms with van der Waals surface area (Å²) in [6, 6.07) is 6.99. The maximum Gasteiger partial charge on any atom is 0.450 e.